The van der Waals surface area contributed by atoms with Gasteiger partial charge in [0.1, 0.15) is 23.7 Å². The molecule has 3 aromatic rings. The average Bonchev–Trinajstić information content (AvgIpc) is 2.75. The van der Waals surface area contributed by atoms with Gasteiger partial charge in [0.15, 0.2) is 0 Å². The Labute approximate surface area is 175 Å². The van der Waals surface area contributed by atoms with Gasteiger partial charge in [0.2, 0.25) is 0 Å². The van der Waals surface area contributed by atoms with Crippen LogP contribution in [-0.2, 0) is 4.74 Å². The third-order valence-corrected chi connectivity index (χ3v) is 5.17. The fourth-order valence-corrected chi connectivity index (χ4v) is 3.48. The first-order valence-corrected chi connectivity index (χ1v) is 10.1. The highest BCUT2D eigenvalue weighted by molar-refractivity contribution is 5.94. The van der Waals surface area contributed by atoms with Crippen LogP contribution in [0.5, 0.6) is 5.75 Å². The molecular formula is C22H26FN5O2. The maximum atomic E-state index is 13.5. The predicted octanol–water partition coefficient (Wildman–Crippen LogP) is 3.50. The Balaban J connectivity index is 1.45. The van der Waals surface area contributed by atoms with E-state index >= 15 is 0 Å². The highest BCUT2D eigenvalue weighted by Gasteiger charge is 2.12. The Kier molecular flexibility index (Phi) is 6.25. The lowest BCUT2D eigenvalue weighted by Crippen LogP contribution is -2.37. The molecule has 0 unspecified atom stereocenters. The van der Waals surface area contributed by atoms with Gasteiger partial charge in [-0.1, -0.05) is 0 Å². The van der Waals surface area contributed by atoms with Crippen LogP contribution in [0.25, 0.3) is 10.9 Å². The smallest absolute Gasteiger partial charge is 0.144 e. The average molecular weight is 411 g/mol. The van der Waals surface area contributed by atoms with Crippen molar-refractivity contribution in [2.24, 2.45) is 0 Å². The highest BCUT2D eigenvalue weighted by Crippen LogP contribution is 2.31. The molecule has 2 heterocycles. The minimum atomic E-state index is -0.243. The summed E-state index contributed by atoms with van der Waals surface area (Å²) >= 11 is 0. The molecule has 0 bridgehead atoms. The molecule has 3 N–H and O–H groups in total. The topological polar surface area (TPSA) is 85.5 Å². The zero-order chi connectivity index (χ0) is 20.9. The standard InChI is InChI=1S/C22H26FN5O2/c1-15-11-16(3-4-18(15)23)27-22-17-12-19(24)21(13-20(17)25-14-26-22)30-8-2-5-28-6-9-29-10-7-28/h3-4,11-14H,2,5-10,24H2,1H3,(H,25,26,27). The van der Waals surface area contributed by atoms with E-state index < -0.39 is 0 Å². The van der Waals surface area contributed by atoms with Gasteiger partial charge in [-0.05, 0) is 43.2 Å². The van der Waals surface area contributed by atoms with Crippen molar-refractivity contribution in [3.8, 4) is 5.75 Å². The molecule has 1 saturated heterocycles. The third-order valence-electron chi connectivity index (χ3n) is 5.17. The van der Waals surface area contributed by atoms with Crippen molar-refractivity contribution in [1.82, 2.24) is 14.9 Å². The van der Waals surface area contributed by atoms with Crippen molar-refractivity contribution in [2.45, 2.75) is 13.3 Å². The maximum absolute atomic E-state index is 13.5. The first-order valence-electron chi connectivity index (χ1n) is 10.1. The molecular weight excluding hydrogens is 385 g/mol. The number of hydrogen-bond acceptors (Lipinski definition) is 7. The van der Waals surface area contributed by atoms with Crippen molar-refractivity contribution in [2.75, 3.05) is 50.5 Å². The van der Waals surface area contributed by atoms with Crippen LogP contribution in [0.1, 0.15) is 12.0 Å². The Hall–Kier alpha value is -2.97. The highest BCUT2D eigenvalue weighted by atomic mass is 19.1. The first kappa shape index (κ1) is 20.3. The minimum Gasteiger partial charge on any atom is -0.491 e. The van der Waals surface area contributed by atoms with E-state index in [4.69, 9.17) is 15.2 Å². The SMILES string of the molecule is Cc1cc(Nc2ncnc3cc(OCCCN4CCOCC4)c(N)cc23)ccc1F. The second kappa shape index (κ2) is 9.23. The summed E-state index contributed by atoms with van der Waals surface area (Å²) in [6, 6.07) is 8.48. The van der Waals surface area contributed by atoms with Gasteiger partial charge in [0, 0.05) is 36.8 Å². The van der Waals surface area contributed by atoms with Crippen LogP contribution in [0.4, 0.5) is 21.6 Å². The van der Waals surface area contributed by atoms with E-state index in [9.17, 15) is 4.39 Å². The quantitative estimate of drug-likeness (QED) is 0.455. The molecule has 7 nitrogen and oxygen atoms in total. The largest absolute Gasteiger partial charge is 0.491 e. The monoisotopic (exact) mass is 411 g/mol. The van der Waals surface area contributed by atoms with Crippen LogP contribution in [-0.4, -0.2) is 54.3 Å². The van der Waals surface area contributed by atoms with Gasteiger partial charge in [-0.2, -0.15) is 0 Å². The fraction of sp³-hybridized carbons (Fsp3) is 0.364. The number of ether oxygens (including phenoxy) is 2. The summed E-state index contributed by atoms with van der Waals surface area (Å²) in [7, 11) is 0. The first-order chi connectivity index (χ1) is 14.6. The van der Waals surface area contributed by atoms with Crippen LogP contribution >= 0.6 is 0 Å². The summed E-state index contributed by atoms with van der Waals surface area (Å²) in [6.07, 6.45) is 2.40. The molecule has 1 aliphatic rings. The van der Waals surface area contributed by atoms with Crippen molar-refractivity contribution in [3.63, 3.8) is 0 Å². The van der Waals surface area contributed by atoms with Gasteiger partial charge in [-0.15, -0.1) is 0 Å². The van der Waals surface area contributed by atoms with Crippen molar-refractivity contribution >= 4 is 28.1 Å². The molecule has 0 aliphatic carbocycles. The van der Waals surface area contributed by atoms with Gasteiger partial charge in [0.25, 0.3) is 0 Å². The van der Waals surface area contributed by atoms with Gasteiger partial charge in [-0.3, -0.25) is 4.90 Å². The summed E-state index contributed by atoms with van der Waals surface area (Å²) < 4.78 is 24.8. The third kappa shape index (κ3) is 4.77. The van der Waals surface area contributed by atoms with Gasteiger partial charge in [-0.25, -0.2) is 14.4 Å². The Morgan fingerprint density at radius 1 is 1.20 bits per heavy atom. The fourth-order valence-electron chi connectivity index (χ4n) is 3.48. The second-order valence-corrected chi connectivity index (χ2v) is 7.37. The van der Waals surface area contributed by atoms with E-state index in [1.54, 1.807) is 19.1 Å². The molecule has 4 rings (SSSR count). The summed E-state index contributed by atoms with van der Waals surface area (Å²) in [5.74, 6) is 0.982. The Morgan fingerprint density at radius 2 is 2.03 bits per heavy atom. The lowest BCUT2D eigenvalue weighted by molar-refractivity contribution is 0.0358. The zero-order valence-electron chi connectivity index (χ0n) is 17.0. The number of nitrogens with zero attached hydrogens (tertiary/aromatic N) is 3. The Bertz CT molecular complexity index is 1020. The molecule has 0 amide bonds. The molecule has 158 valence electrons. The summed E-state index contributed by atoms with van der Waals surface area (Å²) in [5.41, 5.74) is 8.80. The number of nitrogen functional groups attached to an aromatic ring is 1. The van der Waals surface area contributed by atoms with Crippen molar-refractivity contribution < 1.29 is 13.9 Å². The van der Waals surface area contributed by atoms with E-state index in [-0.39, 0.29) is 5.82 Å². The van der Waals surface area contributed by atoms with Gasteiger partial charge < -0.3 is 20.5 Å². The minimum absolute atomic E-state index is 0.243. The zero-order valence-corrected chi connectivity index (χ0v) is 17.0. The molecule has 1 aromatic heterocycles. The van der Waals surface area contributed by atoms with Gasteiger partial charge in [0.05, 0.1) is 31.0 Å². The number of hydrogen-bond donors (Lipinski definition) is 2. The number of benzene rings is 2. The molecule has 1 fully saturated rings. The number of nitrogens with two attached hydrogens (primary N) is 1. The predicted molar refractivity (Wildman–Crippen MR) is 116 cm³/mol. The van der Waals surface area contributed by atoms with E-state index in [2.05, 4.69) is 20.2 Å². The van der Waals surface area contributed by atoms with Crippen LogP contribution < -0.4 is 15.8 Å². The lowest BCUT2D eigenvalue weighted by atomic mass is 10.1. The van der Waals surface area contributed by atoms with Crippen LogP contribution in [0.3, 0.4) is 0 Å². The van der Waals surface area contributed by atoms with Gasteiger partial charge >= 0.3 is 0 Å². The molecule has 2 aromatic carbocycles. The molecule has 0 radical (unpaired) electrons. The number of aryl methyl sites for hydroxylation is 1. The van der Waals surface area contributed by atoms with Crippen LogP contribution in [0.15, 0.2) is 36.7 Å². The summed E-state index contributed by atoms with van der Waals surface area (Å²) in [5, 5.41) is 4.00. The molecule has 0 spiro atoms. The summed E-state index contributed by atoms with van der Waals surface area (Å²) in [4.78, 5) is 11.0. The van der Waals surface area contributed by atoms with Crippen LogP contribution in [0, 0.1) is 12.7 Å². The normalized spacial score (nSPS) is 14.7. The van der Waals surface area contributed by atoms with E-state index in [1.807, 2.05) is 12.1 Å². The molecule has 8 heteroatoms. The van der Waals surface area contributed by atoms with Crippen molar-refractivity contribution in [3.05, 3.63) is 48.0 Å². The lowest BCUT2D eigenvalue weighted by Gasteiger charge is -2.26. The molecule has 0 atom stereocenters. The second-order valence-electron chi connectivity index (χ2n) is 7.37. The maximum Gasteiger partial charge on any atom is 0.144 e. The number of aromatic nitrogens is 2. The molecule has 1 aliphatic heterocycles. The van der Waals surface area contributed by atoms with E-state index in [1.165, 1.54) is 12.4 Å². The number of morpholine rings is 1. The van der Waals surface area contributed by atoms with E-state index in [0.717, 1.165) is 55.9 Å². The summed E-state index contributed by atoms with van der Waals surface area (Å²) in [6.45, 7) is 6.82. The number of halogens is 1. The van der Waals surface area contributed by atoms with Crippen LogP contribution in [0.2, 0.25) is 0 Å². The number of fused-ring (bicyclic) bond motifs is 1. The Morgan fingerprint density at radius 3 is 2.83 bits per heavy atom. The number of anilines is 3. The number of nitrogens with one attached hydrogen (secondary N) is 1. The molecule has 30 heavy (non-hydrogen) atoms. The van der Waals surface area contributed by atoms with E-state index in [0.29, 0.717) is 29.4 Å². The van der Waals surface area contributed by atoms with Crippen molar-refractivity contribution in [1.29, 1.82) is 0 Å². The number of rotatable bonds is 7. The molecule has 0 saturated carbocycles.